The second-order valence-electron chi connectivity index (χ2n) is 4.88. The van der Waals surface area contributed by atoms with E-state index in [-0.39, 0.29) is 11.8 Å². The maximum absolute atomic E-state index is 12.0. The van der Waals surface area contributed by atoms with Crippen molar-refractivity contribution in [1.82, 2.24) is 14.5 Å². The van der Waals surface area contributed by atoms with Crippen LogP contribution in [0.2, 0.25) is 0 Å². The zero-order valence-corrected chi connectivity index (χ0v) is 11.9. The van der Waals surface area contributed by atoms with E-state index in [4.69, 9.17) is 0 Å². The molecule has 0 spiro atoms. The first-order chi connectivity index (χ1) is 10.3. The summed E-state index contributed by atoms with van der Waals surface area (Å²) in [6.45, 7) is 0. The minimum Gasteiger partial charge on any atom is -0.310 e. The van der Waals surface area contributed by atoms with Crippen LogP contribution < -0.4 is 5.32 Å². The SMILES string of the molecule is O=C1C[C@H](c2cccs2)c2ncn(-c3cccnc3)c2N1. The zero-order chi connectivity index (χ0) is 14.2. The molecular formula is C15H12N4OS. The summed E-state index contributed by atoms with van der Waals surface area (Å²) >= 11 is 1.66. The van der Waals surface area contributed by atoms with Crippen LogP contribution in [-0.4, -0.2) is 20.4 Å². The van der Waals surface area contributed by atoms with Crippen LogP contribution in [0.25, 0.3) is 5.69 Å². The van der Waals surface area contributed by atoms with Gasteiger partial charge in [-0.3, -0.25) is 14.3 Å². The van der Waals surface area contributed by atoms with E-state index in [2.05, 4.69) is 21.4 Å². The van der Waals surface area contributed by atoms with Crippen molar-refractivity contribution in [2.45, 2.75) is 12.3 Å². The predicted molar refractivity (Wildman–Crippen MR) is 80.8 cm³/mol. The Hall–Kier alpha value is -2.47. The van der Waals surface area contributed by atoms with E-state index in [0.717, 1.165) is 17.2 Å². The Morgan fingerprint density at radius 2 is 2.29 bits per heavy atom. The first-order valence-electron chi connectivity index (χ1n) is 6.64. The van der Waals surface area contributed by atoms with Crippen molar-refractivity contribution in [3.63, 3.8) is 0 Å². The van der Waals surface area contributed by atoms with Crippen LogP contribution in [0, 0.1) is 0 Å². The molecule has 4 rings (SSSR count). The number of aromatic nitrogens is 3. The molecule has 4 heterocycles. The molecule has 0 saturated carbocycles. The van der Waals surface area contributed by atoms with Gasteiger partial charge in [0.1, 0.15) is 12.1 Å². The second-order valence-corrected chi connectivity index (χ2v) is 5.86. The number of hydrogen-bond donors (Lipinski definition) is 1. The van der Waals surface area contributed by atoms with E-state index in [0.29, 0.717) is 6.42 Å². The molecule has 0 aromatic carbocycles. The molecule has 0 saturated heterocycles. The van der Waals surface area contributed by atoms with Crippen LogP contribution in [0.1, 0.15) is 22.9 Å². The highest BCUT2D eigenvalue weighted by molar-refractivity contribution is 7.10. The van der Waals surface area contributed by atoms with Crippen molar-refractivity contribution in [1.29, 1.82) is 0 Å². The van der Waals surface area contributed by atoms with Crippen LogP contribution in [0.5, 0.6) is 0 Å². The lowest BCUT2D eigenvalue weighted by Gasteiger charge is -2.22. The van der Waals surface area contributed by atoms with Gasteiger partial charge in [0.15, 0.2) is 0 Å². The molecule has 0 radical (unpaired) electrons. The van der Waals surface area contributed by atoms with Gasteiger partial charge in [0.25, 0.3) is 0 Å². The van der Waals surface area contributed by atoms with Crippen LogP contribution in [0.3, 0.4) is 0 Å². The van der Waals surface area contributed by atoms with Crippen molar-refractivity contribution in [3.8, 4) is 5.69 Å². The Balaban J connectivity index is 1.84. The molecular weight excluding hydrogens is 284 g/mol. The third-order valence-electron chi connectivity index (χ3n) is 3.58. The van der Waals surface area contributed by atoms with Crippen molar-refractivity contribution >= 4 is 23.1 Å². The number of nitrogens with one attached hydrogen (secondary N) is 1. The molecule has 0 fully saturated rings. The van der Waals surface area contributed by atoms with E-state index < -0.39 is 0 Å². The molecule has 104 valence electrons. The number of imidazole rings is 1. The van der Waals surface area contributed by atoms with E-state index in [1.165, 1.54) is 4.88 Å². The third kappa shape index (κ3) is 2.04. The number of fused-ring (bicyclic) bond motifs is 1. The number of carbonyl (C=O) groups excluding carboxylic acids is 1. The minimum atomic E-state index is 0.0199. The van der Waals surface area contributed by atoms with Gasteiger partial charge in [-0.05, 0) is 23.6 Å². The van der Waals surface area contributed by atoms with Gasteiger partial charge < -0.3 is 5.32 Å². The van der Waals surface area contributed by atoms with Crippen LogP contribution >= 0.6 is 11.3 Å². The molecule has 6 heteroatoms. The van der Waals surface area contributed by atoms with E-state index in [1.54, 1.807) is 30.1 Å². The maximum Gasteiger partial charge on any atom is 0.226 e. The van der Waals surface area contributed by atoms with Crippen LogP contribution in [0.15, 0.2) is 48.4 Å². The number of anilines is 1. The average Bonchev–Trinajstić information content (AvgIpc) is 3.17. The van der Waals surface area contributed by atoms with Crippen molar-refractivity contribution < 1.29 is 4.79 Å². The molecule has 3 aromatic rings. The Labute approximate surface area is 125 Å². The summed E-state index contributed by atoms with van der Waals surface area (Å²) < 4.78 is 1.88. The molecule has 1 N–H and O–H groups in total. The molecule has 21 heavy (non-hydrogen) atoms. The number of amides is 1. The van der Waals surface area contributed by atoms with Crippen molar-refractivity contribution in [2.24, 2.45) is 0 Å². The highest BCUT2D eigenvalue weighted by Gasteiger charge is 2.31. The highest BCUT2D eigenvalue weighted by atomic mass is 32.1. The van der Waals surface area contributed by atoms with Gasteiger partial charge in [-0.2, -0.15) is 0 Å². The topological polar surface area (TPSA) is 59.8 Å². The summed E-state index contributed by atoms with van der Waals surface area (Å²) in [6.07, 6.45) is 5.66. The van der Waals surface area contributed by atoms with Gasteiger partial charge in [-0.1, -0.05) is 6.07 Å². The fourth-order valence-electron chi connectivity index (χ4n) is 2.62. The largest absolute Gasteiger partial charge is 0.310 e. The number of carbonyl (C=O) groups is 1. The minimum absolute atomic E-state index is 0.0199. The first kappa shape index (κ1) is 12.3. The zero-order valence-electron chi connectivity index (χ0n) is 11.1. The monoisotopic (exact) mass is 296 g/mol. The maximum atomic E-state index is 12.0. The number of rotatable bonds is 2. The fourth-order valence-corrected chi connectivity index (χ4v) is 3.45. The van der Waals surface area contributed by atoms with Gasteiger partial charge in [0.2, 0.25) is 5.91 Å². The lowest BCUT2D eigenvalue weighted by Crippen LogP contribution is -2.24. The average molecular weight is 296 g/mol. The predicted octanol–water partition coefficient (Wildman–Crippen LogP) is 2.80. The smallest absolute Gasteiger partial charge is 0.226 e. The summed E-state index contributed by atoms with van der Waals surface area (Å²) in [7, 11) is 0. The highest BCUT2D eigenvalue weighted by Crippen LogP contribution is 2.38. The molecule has 0 aliphatic carbocycles. The quantitative estimate of drug-likeness (QED) is 0.791. The first-order valence-corrected chi connectivity index (χ1v) is 7.52. The standard InChI is InChI=1S/C15H12N4OS/c20-13-7-11(12-4-2-6-21-12)14-15(18-13)19(9-17-14)10-3-1-5-16-8-10/h1-6,8-9,11H,7H2,(H,18,20)/t11-/m1/s1. The third-order valence-corrected chi connectivity index (χ3v) is 4.57. The van der Waals surface area contributed by atoms with Crippen LogP contribution in [0.4, 0.5) is 5.82 Å². The molecule has 1 aliphatic rings. The molecule has 1 atom stereocenters. The number of pyridine rings is 1. The van der Waals surface area contributed by atoms with Gasteiger partial charge in [0.05, 0.1) is 17.6 Å². The van der Waals surface area contributed by atoms with Crippen LogP contribution in [-0.2, 0) is 4.79 Å². The van der Waals surface area contributed by atoms with E-state index in [9.17, 15) is 4.79 Å². The number of thiophene rings is 1. The summed E-state index contributed by atoms with van der Waals surface area (Å²) in [6, 6.07) is 7.87. The van der Waals surface area contributed by atoms with E-state index >= 15 is 0 Å². The Bertz CT molecular complexity index is 779. The Morgan fingerprint density at radius 3 is 3.05 bits per heavy atom. The van der Waals surface area contributed by atoms with Gasteiger partial charge >= 0.3 is 0 Å². The lowest BCUT2D eigenvalue weighted by atomic mass is 9.96. The van der Waals surface area contributed by atoms with E-state index in [1.807, 2.05) is 28.1 Å². The summed E-state index contributed by atoms with van der Waals surface area (Å²) in [4.78, 5) is 21.9. The number of hydrogen-bond acceptors (Lipinski definition) is 4. The molecule has 5 nitrogen and oxygen atoms in total. The summed E-state index contributed by atoms with van der Waals surface area (Å²) in [5, 5.41) is 4.96. The van der Waals surface area contributed by atoms with Crippen molar-refractivity contribution in [2.75, 3.05) is 5.32 Å². The van der Waals surface area contributed by atoms with Gasteiger partial charge in [0, 0.05) is 23.4 Å². The molecule has 1 amide bonds. The Morgan fingerprint density at radius 1 is 1.33 bits per heavy atom. The molecule has 1 aliphatic heterocycles. The number of nitrogens with zero attached hydrogens (tertiary/aromatic N) is 3. The lowest BCUT2D eigenvalue weighted by molar-refractivity contribution is -0.116. The van der Waals surface area contributed by atoms with Gasteiger partial charge in [-0.15, -0.1) is 11.3 Å². The summed E-state index contributed by atoms with van der Waals surface area (Å²) in [5.74, 6) is 0.802. The second kappa shape index (κ2) is 4.82. The van der Waals surface area contributed by atoms with Gasteiger partial charge in [-0.25, -0.2) is 4.98 Å². The fraction of sp³-hybridized carbons (Fsp3) is 0.133. The molecule has 0 unspecified atom stereocenters. The Kier molecular flexibility index (Phi) is 2.82. The normalized spacial score (nSPS) is 17.3. The van der Waals surface area contributed by atoms with Crippen molar-refractivity contribution in [3.05, 3.63) is 58.9 Å². The molecule has 3 aromatic heterocycles. The molecule has 0 bridgehead atoms. The summed E-state index contributed by atoms with van der Waals surface area (Å²) in [5.41, 5.74) is 1.80.